The number of nitrogens with zero attached hydrogens (tertiary/aromatic N) is 29. The molecule has 0 radical (unpaired) electrons. The Morgan fingerprint density at radius 2 is 0.728 bits per heavy atom. The summed E-state index contributed by atoms with van der Waals surface area (Å²) < 4.78 is 15.1. The number of pyridine rings is 3. The molecule has 18 aromatic heterocycles. The van der Waals surface area contributed by atoms with Gasteiger partial charge in [0.2, 0.25) is 5.78 Å². The van der Waals surface area contributed by atoms with E-state index in [9.17, 15) is 0 Å². The summed E-state index contributed by atoms with van der Waals surface area (Å²) in [7, 11) is 0. The van der Waals surface area contributed by atoms with Gasteiger partial charge in [-0.25, -0.2) is 57.9 Å². The monoisotopic (exact) mass is 1070 g/mol. The SMILES string of the molecule is c1ccn2ccnc2c1.c1ccn2nccc2c1.c1ccn2ncnc2c1.c1cnc2nccn2c1.c1cnc2ncnn2c1.c1cnn2ccnc2c1.c1cnn2nccc2c1.c1cnn2ncnc2c1.c1cnn2ncnc2n1. The minimum atomic E-state index is 0.525. The summed E-state index contributed by atoms with van der Waals surface area (Å²) in [5.41, 5.74) is 5.71. The van der Waals surface area contributed by atoms with E-state index < -0.39 is 0 Å². The van der Waals surface area contributed by atoms with Crippen molar-refractivity contribution >= 4 is 51.0 Å². The van der Waals surface area contributed by atoms with Crippen molar-refractivity contribution in [1.82, 2.24) is 142 Å². The highest BCUT2D eigenvalue weighted by atomic mass is 15.5. The van der Waals surface area contributed by atoms with Crippen LogP contribution in [-0.4, -0.2) is 142 Å². The van der Waals surface area contributed by atoms with Crippen molar-refractivity contribution in [2.75, 3.05) is 0 Å². The first kappa shape index (κ1) is 51.9. The number of hydrogen-bond acceptors (Lipinski definition) is 20. The molecule has 0 aliphatic carbocycles. The molecule has 0 aromatic carbocycles. The second-order valence-corrected chi connectivity index (χ2v) is 15.6. The van der Waals surface area contributed by atoms with Crippen molar-refractivity contribution in [1.29, 1.82) is 0 Å². The second kappa shape index (κ2) is 27.3. The molecule has 0 aliphatic heterocycles. The molecule has 0 aliphatic rings. The van der Waals surface area contributed by atoms with E-state index in [-0.39, 0.29) is 0 Å². The molecular formula is C52H43N29. The molecule has 0 N–H and O–H groups in total. The van der Waals surface area contributed by atoms with E-state index in [2.05, 4.69) is 101 Å². The highest BCUT2D eigenvalue weighted by molar-refractivity contribution is 5.44. The number of imidazole rings is 3. The number of fused-ring (bicyclic) bond motifs is 9. The molecule has 0 amide bonds. The average molecular weight is 1070 g/mol. The zero-order valence-electron chi connectivity index (χ0n) is 42.3. The quantitative estimate of drug-likeness (QED) is 0.185. The lowest BCUT2D eigenvalue weighted by Gasteiger charge is -1.86. The van der Waals surface area contributed by atoms with Crippen molar-refractivity contribution in [3.63, 3.8) is 0 Å². The van der Waals surface area contributed by atoms with Gasteiger partial charge in [0.05, 0.1) is 29.6 Å². The van der Waals surface area contributed by atoms with Crippen LogP contribution in [0.4, 0.5) is 0 Å². The third-order valence-electron chi connectivity index (χ3n) is 10.4. The lowest BCUT2D eigenvalue weighted by atomic mass is 10.4. The Labute approximate surface area is 455 Å². The first-order valence-electron chi connectivity index (χ1n) is 24.1. The predicted octanol–water partition coefficient (Wildman–Crippen LogP) is 5.35. The van der Waals surface area contributed by atoms with Gasteiger partial charge >= 0.3 is 0 Å². The molecule has 29 heteroatoms. The summed E-state index contributed by atoms with van der Waals surface area (Å²) in [6.45, 7) is 0. The Morgan fingerprint density at radius 3 is 1.56 bits per heavy atom. The Kier molecular flexibility index (Phi) is 17.5. The van der Waals surface area contributed by atoms with Crippen molar-refractivity contribution in [2.24, 2.45) is 0 Å². The largest absolute Gasteiger partial charge is 0.307 e. The molecule has 18 heterocycles. The van der Waals surface area contributed by atoms with E-state index >= 15 is 0 Å². The smallest absolute Gasteiger partial charge is 0.270 e. The molecule has 18 aromatic rings. The van der Waals surface area contributed by atoms with Gasteiger partial charge in [0.1, 0.15) is 31.0 Å². The third-order valence-corrected chi connectivity index (χ3v) is 10.4. The molecule has 29 nitrogen and oxygen atoms in total. The fraction of sp³-hybridized carbons (Fsp3) is 0. The van der Waals surface area contributed by atoms with Crippen LogP contribution in [0.1, 0.15) is 0 Å². The average Bonchev–Trinajstić information content (AvgIpc) is 4.38. The van der Waals surface area contributed by atoms with Crippen molar-refractivity contribution in [3.8, 4) is 0 Å². The maximum atomic E-state index is 4.08. The molecular weight excluding hydrogens is 1030 g/mol. The highest BCUT2D eigenvalue weighted by Gasteiger charge is 1.94. The maximum absolute atomic E-state index is 4.08. The van der Waals surface area contributed by atoms with E-state index in [1.54, 1.807) is 98.7 Å². The van der Waals surface area contributed by atoms with Crippen LogP contribution in [0.5, 0.6) is 0 Å². The maximum Gasteiger partial charge on any atom is 0.270 e. The zero-order chi connectivity index (χ0) is 54.9. The molecule has 0 saturated heterocycles. The van der Waals surface area contributed by atoms with E-state index in [1.807, 2.05) is 172 Å². The number of rotatable bonds is 0. The predicted molar refractivity (Wildman–Crippen MR) is 292 cm³/mol. The van der Waals surface area contributed by atoms with Crippen molar-refractivity contribution < 1.29 is 0 Å². The fourth-order valence-electron chi connectivity index (χ4n) is 6.73. The van der Waals surface area contributed by atoms with Crippen molar-refractivity contribution in [3.05, 3.63) is 265 Å². The van der Waals surface area contributed by atoms with Gasteiger partial charge in [-0.15, -0.1) is 19.5 Å². The standard InChI is InChI=1S/2C7H6N2.4C6H5N3.2C5H4N4.C4H3N5/c1-2-6-9-7(3-1)4-5-8-9;1-2-5-9-6-4-8-7(9)3-1;1-2-7-6-8-3-5-9(6)4-1;1-2-6-3-5-8-9(6)7-4-1;1-2-6-7-4-5-9(6)8-3-1;1-2-4-9-6(3-1)7-5-8-9;1-2-6-5-7-4-8-9(5)3-1;1-2-5-6-4-8-9(5)7-3-1;1-2-7-9-4(5-1)6-3-8-9/h2*1-6H;4*1-5H;2*1-4H;1-3H. The van der Waals surface area contributed by atoms with Crippen LogP contribution in [0.15, 0.2) is 265 Å². The topological polar surface area (TPSA) is 297 Å². The van der Waals surface area contributed by atoms with Gasteiger partial charge in [-0.1, -0.05) is 18.2 Å². The van der Waals surface area contributed by atoms with E-state index in [0.717, 1.165) is 39.4 Å². The van der Waals surface area contributed by atoms with Gasteiger partial charge in [0.15, 0.2) is 16.9 Å². The van der Waals surface area contributed by atoms with Gasteiger partial charge in [-0.05, 0) is 97.1 Å². The summed E-state index contributed by atoms with van der Waals surface area (Å²) in [6.07, 6.45) is 41.4. The zero-order valence-corrected chi connectivity index (χ0v) is 42.3. The molecule has 0 spiro atoms. The Bertz CT molecular complexity index is 3480. The van der Waals surface area contributed by atoms with Crippen LogP contribution >= 0.6 is 0 Å². The minimum absolute atomic E-state index is 0.525. The molecule has 0 atom stereocenters. The number of hydrogen-bond donors (Lipinski definition) is 0. The summed E-state index contributed by atoms with van der Waals surface area (Å²) >= 11 is 0. The van der Waals surface area contributed by atoms with Crippen molar-refractivity contribution in [2.45, 2.75) is 0 Å². The molecule has 18 rings (SSSR count). The number of aromatic nitrogens is 29. The molecule has 81 heavy (non-hydrogen) atoms. The van der Waals surface area contributed by atoms with Gasteiger partial charge in [0.25, 0.3) is 11.6 Å². The van der Waals surface area contributed by atoms with Crippen LogP contribution in [0.25, 0.3) is 51.0 Å². The normalized spacial score (nSPS) is 10.2. The summed E-state index contributed by atoms with van der Waals surface area (Å²) in [6, 6.07) is 36.5. The first-order valence-corrected chi connectivity index (χ1v) is 24.1. The van der Waals surface area contributed by atoms with Crippen LogP contribution in [-0.2, 0) is 0 Å². The van der Waals surface area contributed by atoms with Gasteiger partial charge in [-0.2, -0.15) is 55.4 Å². The van der Waals surface area contributed by atoms with Gasteiger partial charge in [-0.3, -0.25) is 4.40 Å². The van der Waals surface area contributed by atoms with Crippen LogP contribution in [0.2, 0.25) is 0 Å². The Morgan fingerprint density at radius 1 is 0.210 bits per heavy atom. The molecule has 0 bridgehead atoms. The van der Waals surface area contributed by atoms with Gasteiger partial charge in [0, 0.05) is 105 Å². The van der Waals surface area contributed by atoms with Crippen LogP contribution in [0.3, 0.4) is 0 Å². The third kappa shape index (κ3) is 14.6. The Balaban J connectivity index is 0.000000102. The highest BCUT2D eigenvalue weighted by Crippen LogP contribution is 2.00. The summed E-state index contributed by atoms with van der Waals surface area (Å²) in [4.78, 5) is 39.4. The van der Waals surface area contributed by atoms with Crippen LogP contribution in [0, 0.1) is 0 Å². The minimum Gasteiger partial charge on any atom is -0.307 e. The molecule has 0 unspecified atom stereocenters. The lowest BCUT2D eigenvalue weighted by molar-refractivity contribution is 0.782. The van der Waals surface area contributed by atoms with E-state index in [1.165, 1.54) is 34.6 Å². The van der Waals surface area contributed by atoms with E-state index in [4.69, 9.17) is 0 Å². The fourth-order valence-corrected chi connectivity index (χ4v) is 6.73. The molecule has 0 saturated carbocycles. The second-order valence-electron chi connectivity index (χ2n) is 15.6. The van der Waals surface area contributed by atoms with Gasteiger partial charge < -0.3 is 4.40 Å². The lowest BCUT2D eigenvalue weighted by Crippen LogP contribution is -1.93. The van der Waals surface area contributed by atoms with Crippen LogP contribution < -0.4 is 0 Å². The first-order chi connectivity index (χ1) is 40.2. The van der Waals surface area contributed by atoms with E-state index in [0.29, 0.717) is 11.6 Å². The molecule has 0 fully saturated rings. The molecule has 396 valence electrons. The Hall–Kier alpha value is -12.6. The summed E-state index contributed by atoms with van der Waals surface area (Å²) in [5.74, 6) is 1.91. The summed E-state index contributed by atoms with van der Waals surface area (Å²) in [5, 5.41) is 39.0.